The number of pyridine rings is 1. The van der Waals surface area contributed by atoms with E-state index in [0.29, 0.717) is 23.5 Å². The molecular formula is C27H30F2N8O. The molecule has 0 amide bonds. The third-order valence-corrected chi connectivity index (χ3v) is 7.38. The molecular weight excluding hydrogens is 490 g/mol. The fourth-order valence-electron chi connectivity index (χ4n) is 5.36. The number of hydrogen-bond acceptors (Lipinski definition) is 8. The van der Waals surface area contributed by atoms with E-state index < -0.39 is 11.6 Å². The van der Waals surface area contributed by atoms with Crippen molar-refractivity contribution in [3.8, 4) is 11.3 Å². The van der Waals surface area contributed by atoms with Gasteiger partial charge in [-0.15, -0.1) is 0 Å². The SMILES string of the molecule is COC[C@H]1CCc2nc3c(F)cc(-c4nc(Nc5ncccc5CN5CCN(C)CC5)ncc4F)cc3n21. The van der Waals surface area contributed by atoms with Gasteiger partial charge in [-0.25, -0.2) is 28.7 Å². The van der Waals surface area contributed by atoms with E-state index >= 15 is 4.39 Å². The summed E-state index contributed by atoms with van der Waals surface area (Å²) in [5.74, 6) is 0.467. The summed E-state index contributed by atoms with van der Waals surface area (Å²) in [6, 6.07) is 7.00. The summed E-state index contributed by atoms with van der Waals surface area (Å²) in [5.41, 5.74) is 2.22. The molecule has 1 N–H and O–H groups in total. The van der Waals surface area contributed by atoms with Crippen molar-refractivity contribution in [2.24, 2.45) is 0 Å². The summed E-state index contributed by atoms with van der Waals surface area (Å²) >= 11 is 0. The molecule has 0 aliphatic carbocycles. The highest BCUT2D eigenvalue weighted by Crippen LogP contribution is 2.35. The van der Waals surface area contributed by atoms with Crippen LogP contribution in [0.3, 0.4) is 0 Å². The van der Waals surface area contributed by atoms with Crippen LogP contribution in [0.5, 0.6) is 0 Å². The second-order valence-electron chi connectivity index (χ2n) is 9.98. The Balaban J connectivity index is 1.31. The van der Waals surface area contributed by atoms with Crippen LogP contribution in [0, 0.1) is 11.6 Å². The van der Waals surface area contributed by atoms with Gasteiger partial charge in [0.2, 0.25) is 5.95 Å². The Morgan fingerprint density at radius 2 is 1.92 bits per heavy atom. The molecule has 198 valence electrons. The van der Waals surface area contributed by atoms with E-state index in [1.807, 2.05) is 16.7 Å². The van der Waals surface area contributed by atoms with Crippen LogP contribution < -0.4 is 5.32 Å². The number of halogens is 2. The van der Waals surface area contributed by atoms with Crippen molar-refractivity contribution in [1.82, 2.24) is 34.3 Å². The molecule has 0 radical (unpaired) electrons. The Labute approximate surface area is 219 Å². The first-order valence-corrected chi connectivity index (χ1v) is 12.8. The van der Waals surface area contributed by atoms with Crippen LogP contribution in [0.4, 0.5) is 20.5 Å². The summed E-state index contributed by atoms with van der Waals surface area (Å²) in [4.78, 5) is 22.2. The van der Waals surface area contributed by atoms with Gasteiger partial charge in [0.15, 0.2) is 11.6 Å². The van der Waals surface area contributed by atoms with Gasteiger partial charge in [-0.2, -0.15) is 0 Å². The fraction of sp³-hybridized carbons (Fsp3) is 0.407. The quantitative estimate of drug-likeness (QED) is 0.394. The summed E-state index contributed by atoms with van der Waals surface area (Å²) in [5, 5.41) is 3.16. The van der Waals surface area contributed by atoms with Gasteiger partial charge in [-0.05, 0) is 31.7 Å². The molecule has 1 saturated heterocycles. The number of piperazine rings is 1. The lowest BCUT2D eigenvalue weighted by Crippen LogP contribution is -2.43. The second kappa shape index (κ2) is 10.3. The Hall–Kier alpha value is -3.54. The highest BCUT2D eigenvalue weighted by atomic mass is 19.1. The number of aromatic nitrogens is 5. The molecule has 11 heteroatoms. The van der Waals surface area contributed by atoms with Crippen LogP contribution in [-0.4, -0.2) is 81.2 Å². The third kappa shape index (κ3) is 4.72. The maximum atomic E-state index is 15.2. The molecule has 0 saturated carbocycles. The van der Waals surface area contributed by atoms with Gasteiger partial charge >= 0.3 is 0 Å². The lowest BCUT2D eigenvalue weighted by Gasteiger charge is -2.32. The summed E-state index contributed by atoms with van der Waals surface area (Å²) < 4.78 is 37.5. The Bertz CT molecular complexity index is 1470. The number of rotatable bonds is 7. The van der Waals surface area contributed by atoms with Crippen LogP contribution in [-0.2, 0) is 17.7 Å². The zero-order valence-electron chi connectivity index (χ0n) is 21.5. The van der Waals surface area contributed by atoms with Gasteiger partial charge in [0, 0.05) is 63.6 Å². The maximum absolute atomic E-state index is 15.2. The Morgan fingerprint density at radius 1 is 1.08 bits per heavy atom. The largest absolute Gasteiger partial charge is 0.383 e. The highest BCUT2D eigenvalue weighted by Gasteiger charge is 2.28. The van der Waals surface area contributed by atoms with Crippen LogP contribution in [0.1, 0.15) is 23.9 Å². The highest BCUT2D eigenvalue weighted by molar-refractivity contribution is 5.83. The number of hydrogen-bond donors (Lipinski definition) is 1. The molecule has 3 aromatic heterocycles. The van der Waals surface area contributed by atoms with Gasteiger partial charge in [-0.3, -0.25) is 4.90 Å². The van der Waals surface area contributed by atoms with Gasteiger partial charge in [-0.1, -0.05) is 6.07 Å². The standard InChI is InChI=1S/C27H30F2N8O/c1-35-8-10-36(11-9-35)15-17-4-3-7-30-26(17)34-27-31-14-21(29)24(33-27)18-12-20(28)25-22(13-18)37-19(16-38-2)5-6-23(37)32-25/h3-4,7,12-14,19H,5-6,8-11,15-16H2,1-2H3,(H,30,31,33,34)/t19-/m1/s1. The average molecular weight is 521 g/mol. The first kappa shape index (κ1) is 24.8. The average Bonchev–Trinajstić information content (AvgIpc) is 3.48. The summed E-state index contributed by atoms with van der Waals surface area (Å²) in [7, 11) is 3.77. The predicted octanol–water partition coefficient (Wildman–Crippen LogP) is 3.79. The fourth-order valence-corrected chi connectivity index (χ4v) is 5.36. The lowest BCUT2D eigenvalue weighted by atomic mass is 10.1. The monoisotopic (exact) mass is 520 g/mol. The molecule has 4 aromatic rings. The van der Waals surface area contributed by atoms with Crippen molar-refractivity contribution < 1.29 is 13.5 Å². The normalized spacial score (nSPS) is 18.3. The molecule has 1 atom stereocenters. The van der Waals surface area contributed by atoms with E-state index in [4.69, 9.17) is 4.74 Å². The van der Waals surface area contributed by atoms with Gasteiger partial charge < -0.3 is 19.5 Å². The van der Waals surface area contributed by atoms with Gasteiger partial charge in [0.1, 0.15) is 22.9 Å². The molecule has 5 heterocycles. The first-order chi connectivity index (χ1) is 18.5. The van der Waals surface area contributed by atoms with Crippen molar-refractivity contribution >= 4 is 22.8 Å². The minimum atomic E-state index is -0.636. The topological polar surface area (TPSA) is 84.2 Å². The van der Waals surface area contributed by atoms with E-state index in [1.54, 1.807) is 19.4 Å². The number of nitrogens with zero attached hydrogens (tertiary/aromatic N) is 7. The number of nitrogens with one attached hydrogen (secondary N) is 1. The number of imidazole rings is 1. The third-order valence-electron chi connectivity index (χ3n) is 7.38. The van der Waals surface area contributed by atoms with E-state index in [1.165, 1.54) is 6.07 Å². The first-order valence-electron chi connectivity index (χ1n) is 12.8. The number of anilines is 2. The molecule has 0 spiro atoms. The minimum Gasteiger partial charge on any atom is -0.383 e. The van der Waals surface area contributed by atoms with Crippen LogP contribution >= 0.6 is 0 Å². The molecule has 0 bridgehead atoms. The van der Waals surface area contributed by atoms with Crippen molar-refractivity contribution in [2.75, 3.05) is 52.3 Å². The lowest BCUT2D eigenvalue weighted by molar-refractivity contribution is 0.148. The Morgan fingerprint density at radius 3 is 2.74 bits per heavy atom. The summed E-state index contributed by atoms with van der Waals surface area (Å²) in [6.45, 7) is 5.21. The van der Waals surface area contributed by atoms with Gasteiger partial charge in [0.25, 0.3) is 0 Å². The molecule has 9 nitrogen and oxygen atoms in total. The molecule has 38 heavy (non-hydrogen) atoms. The summed E-state index contributed by atoms with van der Waals surface area (Å²) in [6.07, 6.45) is 4.41. The van der Waals surface area contributed by atoms with E-state index in [-0.39, 0.29) is 23.2 Å². The molecule has 6 rings (SSSR count). The molecule has 1 aromatic carbocycles. The van der Waals surface area contributed by atoms with Gasteiger partial charge in [0.05, 0.1) is 24.4 Å². The van der Waals surface area contributed by atoms with Crippen molar-refractivity contribution in [3.05, 3.63) is 59.7 Å². The smallest absolute Gasteiger partial charge is 0.229 e. The number of aryl methyl sites for hydroxylation is 1. The van der Waals surface area contributed by atoms with Crippen LogP contribution in [0.2, 0.25) is 0 Å². The van der Waals surface area contributed by atoms with E-state index in [9.17, 15) is 4.39 Å². The number of likely N-dealkylation sites (N-methyl/N-ethyl adjacent to an activating group) is 1. The van der Waals surface area contributed by atoms with Crippen molar-refractivity contribution in [2.45, 2.75) is 25.4 Å². The number of benzene rings is 1. The maximum Gasteiger partial charge on any atom is 0.229 e. The Kier molecular flexibility index (Phi) is 6.73. The predicted molar refractivity (Wildman–Crippen MR) is 140 cm³/mol. The number of fused-ring (bicyclic) bond motifs is 3. The molecule has 2 aliphatic heterocycles. The van der Waals surface area contributed by atoms with E-state index in [2.05, 4.69) is 42.1 Å². The van der Waals surface area contributed by atoms with Crippen molar-refractivity contribution in [3.63, 3.8) is 0 Å². The molecule has 2 aliphatic rings. The number of ether oxygens (including phenoxy) is 1. The van der Waals surface area contributed by atoms with Crippen molar-refractivity contribution in [1.29, 1.82) is 0 Å². The molecule has 1 fully saturated rings. The zero-order chi connectivity index (χ0) is 26.2. The zero-order valence-corrected chi connectivity index (χ0v) is 21.5. The van der Waals surface area contributed by atoms with E-state index in [0.717, 1.165) is 63.2 Å². The minimum absolute atomic E-state index is 0.0108. The van der Waals surface area contributed by atoms with Crippen LogP contribution in [0.15, 0.2) is 36.7 Å². The van der Waals surface area contributed by atoms with Crippen LogP contribution in [0.25, 0.3) is 22.3 Å². The molecule has 0 unspecified atom stereocenters. The number of methoxy groups -OCH3 is 1. The second-order valence-corrected chi connectivity index (χ2v) is 9.98.